The summed E-state index contributed by atoms with van der Waals surface area (Å²) in [6.45, 7) is 3.92. The average molecular weight is 326 g/mol. The van der Waals surface area contributed by atoms with Gasteiger partial charge in [-0.2, -0.15) is 5.10 Å². The second kappa shape index (κ2) is 6.50. The summed E-state index contributed by atoms with van der Waals surface area (Å²) in [7, 11) is 1.88. The number of nitrogens with one attached hydrogen (secondary N) is 1. The molecule has 0 saturated heterocycles. The first kappa shape index (κ1) is 15.9. The largest absolute Gasteiger partial charge is 0.349 e. The van der Waals surface area contributed by atoms with Gasteiger partial charge >= 0.3 is 0 Å². The van der Waals surface area contributed by atoms with Crippen molar-refractivity contribution in [2.45, 2.75) is 26.3 Å². The number of hydrogen-bond acceptors (Lipinski definition) is 2. The zero-order valence-corrected chi connectivity index (χ0v) is 13.7. The van der Waals surface area contributed by atoms with E-state index in [2.05, 4.69) is 10.4 Å². The quantitative estimate of drug-likeness (QED) is 0.935. The molecule has 1 N–H and O–H groups in total. The molecular weight excluding hydrogens is 309 g/mol. The van der Waals surface area contributed by atoms with Crippen molar-refractivity contribution in [3.63, 3.8) is 0 Å². The number of carbonyl (C=O) groups is 1. The third-order valence-electron chi connectivity index (χ3n) is 3.47. The van der Waals surface area contributed by atoms with Crippen molar-refractivity contribution in [1.29, 1.82) is 0 Å². The molecule has 2 aromatic rings. The number of hydrogen-bond donors (Lipinski definition) is 1. The number of aromatic nitrogens is 2. The Morgan fingerprint density at radius 1 is 1.38 bits per heavy atom. The minimum Gasteiger partial charge on any atom is -0.349 e. The number of halogens is 2. The third kappa shape index (κ3) is 3.77. The Morgan fingerprint density at radius 2 is 2.10 bits per heavy atom. The van der Waals surface area contributed by atoms with E-state index in [-0.39, 0.29) is 18.4 Å². The predicted octanol–water partition coefficient (Wildman–Crippen LogP) is 3.46. The molecule has 1 amide bonds. The monoisotopic (exact) mass is 325 g/mol. The lowest BCUT2D eigenvalue weighted by molar-refractivity contribution is -0.121. The summed E-state index contributed by atoms with van der Waals surface area (Å²) in [5.74, 6) is -0.0656. The van der Waals surface area contributed by atoms with Crippen LogP contribution in [0.5, 0.6) is 0 Å². The fraction of sp³-hybridized carbons (Fsp3) is 0.333. The first-order valence-corrected chi connectivity index (χ1v) is 7.36. The Morgan fingerprint density at radius 3 is 2.67 bits per heavy atom. The van der Waals surface area contributed by atoms with Crippen molar-refractivity contribution < 1.29 is 4.79 Å². The molecule has 6 heteroatoms. The molecule has 1 heterocycles. The molecule has 1 aromatic heterocycles. The highest BCUT2D eigenvalue weighted by molar-refractivity contribution is 6.42. The van der Waals surface area contributed by atoms with Crippen molar-refractivity contribution in [2.24, 2.45) is 7.05 Å². The van der Waals surface area contributed by atoms with Gasteiger partial charge in [0, 0.05) is 18.3 Å². The van der Waals surface area contributed by atoms with Gasteiger partial charge in [0.25, 0.3) is 0 Å². The molecular formula is C15H17Cl2N3O. The van der Waals surface area contributed by atoms with Crippen LogP contribution in [0.3, 0.4) is 0 Å². The minimum atomic E-state index is -0.0889. The lowest BCUT2D eigenvalue weighted by Crippen LogP contribution is -2.28. The number of carbonyl (C=O) groups excluding carboxylic acids is 1. The minimum absolute atomic E-state index is 0.0656. The lowest BCUT2D eigenvalue weighted by Gasteiger charge is -2.14. The maximum absolute atomic E-state index is 12.1. The molecule has 1 aromatic carbocycles. The Kier molecular flexibility index (Phi) is 4.91. The van der Waals surface area contributed by atoms with Gasteiger partial charge in [-0.05, 0) is 31.5 Å². The van der Waals surface area contributed by atoms with E-state index >= 15 is 0 Å². The van der Waals surface area contributed by atoms with E-state index in [9.17, 15) is 4.79 Å². The topological polar surface area (TPSA) is 46.9 Å². The fourth-order valence-corrected chi connectivity index (χ4v) is 2.47. The summed E-state index contributed by atoms with van der Waals surface area (Å²) in [4.78, 5) is 12.1. The highest BCUT2D eigenvalue weighted by atomic mass is 35.5. The van der Waals surface area contributed by atoms with Crippen LogP contribution in [0, 0.1) is 6.92 Å². The number of rotatable bonds is 4. The summed E-state index contributed by atoms with van der Waals surface area (Å²) in [5, 5.41) is 8.09. The van der Waals surface area contributed by atoms with Crippen molar-refractivity contribution in [3.05, 3.63) is 51.3 Å². The van der Waals surface area contributed by atoms with E-state index in [0.717, 1.165) is 16.8 Å². The van der Waals surface area contributed by atoms with Gasteiger partial charge in [0.15, 0.2) is 0 Å². The van der Waals surface area contributed by atoms with Crippen LogP contribution in [0.25, 0.3) is 0 Å². The zero-order chi connectivity index (χ0) is 15.6. The molecule has 112 valence electrons. The van der Waals surface area contributed by atoms with Gasteiger partial charge in [-0.1, -0.05) is 29.3 Å². The number of nitrogens with zero attached hydrogens (tertiary/aromatic N) is 2. The fourth-order valence-electron chi connectivity index (χ4n) is 2.15. The lowest BCUT2D eigenvalue weighted by atomic mass is 10.1. The van der Waals surface area contributed by atoms with Crippen LogP contribution in [0.4, 0.5) is 0 Å². The van der Waals surface area contributed by atoms with Crippen LogP contribution >= 0.6 is 23.2 Å². The summed E-state index contributed by atoms with van der Waals surface area (Å²) in [5.41, 5.74) is 2.88. The van der Waals surface area contributed by atoms with Gasteiger partial charge in [0.1, 0.15) is 0 Å². The van der Waals surface area contributed by atoms with Gasteiger partial charge in [-0.3, -0.25) is 9.48 Å². The SMILES string of the molecule is Cc1c(C(C)NC(=O)Cc2ccc(Cl)c(Cl)c2)cnn1C. The van der Waals surface area contributed by atoms with Crippen LogP contribution in [0.1, 0.15) is 29.8 Å². The normalized spacial score (nSPS) is 12.2. The third-order valence-corrected chi connectivity index (χ3v) is 4.20. The molecule has 0 bridgehead atoms. The Balaban J connectivity index is 2.01. The van der Waals surface area contributed by atoms with Crippen molar-refractivity contribution >= 4 is 29.1 Å². The number of amides is 1. The Labute approximate surface area is 134 Å². The smallest absolute Gasteiger partial charge is 0.224 e. The average Bonchev–Trinajstić information content (AvgIpc) is 2.74. The van der Waals surface area contributed by atoms with E-state index in [1.807, 2.05) is 20.9 Å². The molecule has 0 saturated carbocycles. The maximum atomic E-state index is 12.1. The van der Waals surface area contributed by atoms with Crippen LogP contribution in [-0.2, 0) is 18.3 Å². The van der Waals surface area contributed by atoms with Gasteiger partial charge in [0.05, 0.1) is 28.7 Å². The maximum Gasteiger partial charge on any atom is 0.224 e. The molecule has 21 heavy (non-hydrogen) atoms. The van der Waals surface area contributed by atoms with E-state index in [4.69, 9.17) is 23.2 Å². The summed E-state index contributed by atoms with van der Waals surface area (Å²) >= 11 is 11.8. The molecule has 0 fully saturated rings. The first-order valence-electron chi connectivity index (χ1n) is 6.60. The molecule has 0 spiro atoms. The van der Waals surface area contributed by atoms with Gasteiger partial charge in [-0.25, -0.2) is 0 Å². The van der Waals surface area contributed by atoms with Crippen LogP contribution in [0.15, 0.2) is 24.4 Å². The molecule has 0 aliphatic rings. The Hall–Kier alpha value is -1.52. The highest BCUT2D eigenvalue weighted by Crippen LogP contribution is 2.23. The van der Waals surface area contributed by atoms with Crippen molar-refractivity contribution in [1.82, 2.24) is 15.1 Å². The molecule has 1 atom stereocenters. The molecule has 1 unspecified atom stereocenters. The molecule has 0 radical (unpaired) electrons. The number of benzene rings is 1. The predicted molar refractivity (Wildman–Crippen MR) is 84.7 cm³/mol. The van der Waals surface area contributed by atoms with Gasteiger partial charge < -0.3 is 5.32 Å². The van der Waals surface area contributed by atoms with Gasteiger partial charge in [0.2, 0.25) is 5.91 Å². The number of aryl methyl sites for hydroxylation is 1. The van der Waals surface area contributed by atoms with E-state index < -0.39 is 0 Å². The first-order chi connectivity index (χ1) is 9.88. The summed E-state index contributed by atoms with van der Waals surface area (Å²) in [6, 6.07) is 5.12. The van der Waals surface area contributed by atoms with Crippen molar-refractivity contribution in [2.75, 3.05) is 0 Å². The second-order valence-corrected chi connectivity index (χ2v) is 5.84. The van der Waals surface area contributed by atoms with Crippen LogP contribution in [-0.4, -0.2) is 15.7 Å². The van der Waals surface area contributed by atoms with Crippen LogP contribution in [0.2, 0.25) is 10.0 Å². The second-order valence-electron chi connectivity index (χ2n) is 5.02. The standard InChI is InChI=1S/C15H17Cl2N3O/c1-9(12-8-18-20(3)10(12)2)19-15(21)7-11-4-5-13(16)14(17)6-11/h4-6,8-9H,7H2,1-3H3,(H,19,21). The Bertz CT molecular complexity index is 667. The molecule has 0 aliphatic heterocycles. The van der Waals surface area contributed by atoms with E-state index in [0.29, 0.717) is 10.0 Å². The van der Waals surface area contributed by atoms with E-state index in [1.54, 1.807) is 29.1 Å². The van der Waals surface area contributed by atoms with Crippen molar-refractivity contribution in [3.8, 4) is 0 Å². The molecule has 2 rings (SSSR count). The molecule has 0 aliphatic carbocycles. The van der Waals surface area contributed by atoms with Gasteiger partial charge in [-0.15, -0.1) is 0 Å². The zero-order valence-electron chi connectivity index (χ0n) is 12.2. The highest BCUT2D eigenvalue weighted by Gasteiger charge is 2.15. The van der Waals surface area contributed by atoms with Crippen LogP contribution < -0.4 is 5.32 Å². The summed E-state index contributed by atoms with van der Waals surface area (Å²) < 4.78 is 1.79. The molecule has 4 nitrogen and oxygen atoms in total. The van der Waals surface area contributed by atoms with E-state index in [1.165, 1.54) is 0 Å². The summed E-state index contributed by atoms with van der Waals surface area (Å²) in [6.07, 6.45) is 2.04.